The van der Waals surface area contributed by atoms with Crippen LogP contribution in [0.5, 0.6) is 0 Å². The standard InChI is InChI=1S/C29H34O4/c30-20-10-19-28-27(31)22-26(33-28)18-11-21-32-29(23-12-4-1-5-13-23,24-14-6-2-7-15-24)25-16-8-3-9-17-25/h1-9,12-17,26-28,30-31H,10-11,18-22H2/t26-,27+,28-/m0/s1. The van der Waals surface area contributed by atoms with Gasteiger partial charge in [-0.2, -0.15) is 0 Å². The minimum atomic E-state index is -0.705. The van der Waals surface area contributed by atoms with Crippen LogP contribution in [0, 0.1) is 0 Å². The fourth-order valence-corrected chi connectivity index (χ4v) is 4.86. The summed E-state index contributed by atoms with van der Waals surface area (Å²) in [5.41, 5.74) is 2.58. The van der Waals surface area contributed by atoms with Crippen LogP contribution in [0.25, 0.3) is 0 Å². The largest absolute Gasteiger partial charge is 0.396 e. The Bertz CT molecular complexity index is 848. The summed E-state index contributed by atoms with van der Waals surface area (Å²) in [5.74, 6) is 0. The topological polar surface area (TPSA) is 58.9 Å². The highest BCUT2D eigenvalue weighted by Crippen LogP contribution is 2.40. The average Bonchev–Trinajstić information content (AvgIpc) is 3.23. The van der Waals surface area contributed by atoms with Gasteiger partial charge in [0.25, 0.3) is 0 Å². The van der Waals surface area contributed by atoms with Gasteiger partial charge in [0.05, 0.1) is 18.3 Å². The lowest BCUT2D eigenvalue weighted by molar-refractivity contribution is -0.0144. The zero-order chi connectivity index (χ0) is 22.9. The summed E-state index contributed by atoms with van der Waals surface area (Å²) in [6.07, 6.45) is 3.10. The molecular weight excluding hydrogens is 412 g/mol. The summed E-state index contributed by atoms with van der Waals surface area (Å²) in [7, 11) is 0. The monoisotopic (exact) mass is 446 g/mol. The van der Waals surface area contributed by atoms with Crippen molar-refractivity contribution >= 4 is 0 Å². The van der Waals surface area contributed by atoms with Gasteiger partial charge in [-0.25, -0.2) is 0 Å². The number of benzene rings is 3. The number of ether oxygens (including phenoxy) is 2. The Hall–Kier alpha value is -2.50. The van der Waals surface area contributed by atoms with Gasteiger partial charge < -0.3 is 19.7 Å². The van der Waals surface area contributed by atoms with Crippen LogP contribution in [0.4, 0.5) is 0 Å². The van der Waals surface area contributed by atoms with Crippen LogP contribution in [0.1, 0.15) is 48.8 Å². The number of rotatable bonds is 11. The van der Waals surface area contributed by atoms with Crippen molar-refractivity contribution in [2.75, 3.05) is 13.2 Å². The van der Waals surface area contributed by atoms with E-state index in [1.807, 2.05) is 18.2 Å². The second kappa shape index (κ2) is 11.6. The number of hydrogen-bond acceptors (Lipinski definition) is 4. The molecule has 0 aliphatic carbocycles. The van der Waals surface area contributed by atoms with Gasteiger partial charge in [-0.15, -0.1) is 0 Å². The number of hydrogen-bond donors (Lipinski definition) is 2. The van der Waals surface area contributed by atoms with Crippen molar-refractivity contribution in [2.45, 2.75) is 56.0 Å². The van der Waals surface area contributed by atoms with E-state index in [9.17, 15) is 5.11 Å². The van der Waals surface area contributed by atoms with E-state index < -0.39 is 11.7 Å². The van der Waals surface area contributed by atoms with Crippen LogP contribution in [0.15, 0.2) is 91.0 Å². The molecule has 0 amide bonds. The lowest BCUT2D eigenvalue weighted by atomic mass is 9.80. The fraction of sp³-hybridized carbons (Fsp3) is 0.379. The minimum absolute atomic E-state index is 0.0341. The van der Waals surface area contributed by atoms with Crippen molar-refractivity contribution < 1.29 is 19.7 Å². The van der Waals surface area contributed by atoms with Crippen molar-refractivity contribution in [3.05, 3.63) is 108 Å². The lowest BCUT2D eigenvalue weighted by Crippen LogP contribution is -2.33. The minimum Gasteiger partial charge on any atom is -0.396 e. The van der Waals surface area contributed by atoms with Crippen LogP contribution < -0.4 is 0 Å². The van der Waals surface area contributed by atoms with Crippen LogP contribution >= 0.6 is 0 Å². The van der Waals surface area contributed by atoms with Crippen molar-refractivity contribution in [2.24, 2.45) is 0 Å². The van der Waals surface area contributed by atoms with Gasteiger partial charge >= 0.3 is 0 Å². The molecule has 0 spiro atoms. The number of aliphatic hydroxyl groups excluding tert-OH is 2. The van der Waals surface area contributed by atoms with Crippen LogP contribution in [-0.4, -0.2) is 41.7 Å². The molecule has 0 aromatic heterocycles. The summed E-state index contributed by atoms with van der Waals surface area (Å²) in [6, 6.07) is 31.2. The summed E-state index contributed by atoms with van der Waals surface area (Å²) in [4.78, 5) is 0. The molecule has 33 heavy (non-hydrogen) atoms. The molecule has 1 saturated heterocycles. The first-order chi connectivity index (χ1) is 16.2. The van der Waals surface area contributed by atoms with Crippen molar-refractivity contribution in [3.63, 3.8) is 0 Å². The molecule has 0 unspecified atom stereocenters. The molecule has 4 rings (SSSR count). The average molecular weight is 447 g/mol. The molecule has 1 aliphatic rings. The lowest BCUT2D eigenvalue weighted by Gasteiger charge is -2.36. The van der Waals surface area contributed by atoms with E-state index in [1.54, 1.807) is 0 Å². The Morgan fingerprint density at radius 1 is 0.758 bits per heavy atom. The Morgan fingerprint density at radius 3 is 1.76 bits per heavy atom. The molecule has 0 radical (unpaired) electrons. The Labute approximate surface area is 196 Å². The molecule has 0 bridgehead atoms. The third kappa shape index (κ3) is 5.53. The Balaban J connectivity index is 1.52. The maximum absolute atomic E-state index is 10.3. The maximum Gasteiger partial charge on any atom is 0.143 e. The normalized spacial score (nSPS) is 20.7. The maximum atomic E-state index is 10.3. The highest BCUT2D eigenvalue weighted by atomic mass is 16.5. The molecule has 4 heteroatoms. The van der Waals surface area contributed by atoms with Gasteiger partial charge in [-0.3, -0.25) is 0 Å². The third-order valence-corrected chi connectivity index (χ3v) is 6.48. The zero-order valence-corrected chi connectivity index (χ0v) is 19.1. The predicted molar refractivity (Wildman–Crippen MR) is 130 cm³/mol. The zero-order valence-electron chi connectivity index (χ0n) is 19.1. The Kier molecular flexibility index (Phi) is 8.30. The molecule has 1 aliphatic heterocycles. The first kappa shape index (κ1) is 23.7. The molecule has 174 valence electrons. The summed E-state index contributed by atoms with van der Waals surface area (Å²) >= 11 is 0. The number of aliphatic hydroxyl groups is 2. The highest BCUT2D eigenvalue weighted by Gasteiger charge is 2.38. The van der Waals surface area contributed by atoms with Crippen LogP contribution in [0.2, 0.25) is 0 Å². The van der Waals surface area contributed by atoms with Gasteiger partial charge in [0.2, 0.25) is 0 Å². The van der Waals surface area contributed by atoms with E-state index >= 15 is 0 Å². The SMILES string of the molecule is OCCC[C@@H]1O[C@@H](CCCOC(c2ccccc2)(c2ccccc2)c2ccccc2)C[C@H]1O. The first-order valence-electron chi connectivity index (χ1n) is 12.0. The molecule has 1 fully saturated rings. The van der Waals surface area contributed by atoms with E-state index in [2.05, 4.69) is 72.8 Å². The van der Waals surface area contributed by atoms with E-state index in [0.29, 0.717) is 25.9 Å². The fourth-order valence-electron chi connectivity index (χ4n) is 4.86. The van der Waals surface area contributed by atoms with E-state index in [0.717, 1.165) is 29.5 Å². The van der Waals surface area contributed by atoms with Gasteiger partial charge in [0, 0.05) is 19.6 Å². The van der Waals surface area contributed by atoms with Gasteiger partial charge in [-0.05, 0) is 42.4 Å². The van der Waals surface area contributed by atoms with Gasteiger partial charge in [0.15, 0.2) is 0 Å². The van der Waals surface area contributed by atoms with Gasteiger partial charge in [0.1, 0.15) is 5.60 Å². The smallest absolute Gasteiger partial charge is 0.143 e. The molecule has 3 aromatic rings. The second-order valence-corrected chi connectivity index (χ2v) is 8.74. The third-order valence-electron chi connectivity index (χ3n) is 6.48. The molecule has 1 heterocycles. The van der Waals surface area contributed by atoms with E-state index in [4.69, 9.17) is 14.6 Å². The molecule has 4 nitrogen and oxygen atoms in total. The quantitative estimate of drug-likeness (QED) is 0.319. The molecular formula is C29H34O4. The van der Waals surface area contributed by atoms with Crippen LogP contribution in [-0.2, 0) is 15.1 Å². The van der Waals surface area contributed by atoms with E-state index in [1.165, 1.54) is 0 Å². The summed E-state index contributed by atoms with van der Waals surface area (Å²) in [5, 5.41) is 19.3. The second-order valence-electron chi connectivity index (χ2n) is 8.74. The van der Waals surface area contributed by atoms with Crippen molar-refractivity contribution in [3.8, 4) is 0 Å². The summed E-state index contributed by atoms with van der Waals surface area (Å²) < 4.78 is 12.9. The highest BCUT2D eigenvalue weighted by molar-refractivity contribution is 5.47. The van der Waals surface area contributed by atoms with Gasteiger partial charge in [-0.1, -0.05) is 91.0 Å². The predicted octanol–water partition coefficient (Wildman–Crippen LogP) is 5.07. The molecule has 3 atom stereocenters. The first-order valence-corrected chi connectivity index (χ1v) is 12.0. The van der Waals surface area contributed by atoms with Crippen molar-refractivity contribution in [1.82, 2.24) is 0 Å². The van der Waals surface area contributed by atoms with Crippen molar-refractivity contribution in [1.29, 1.82) is 0 Å². The Morgan fingerprint density at radius 2 is 1.27 bits per heavy atom. The molecule has 3 aromatic carbocycles. The van der Waals surface area contributed by atoms with E-state index in [-0.39, 0.29) is 18.8 Å². The molecule has 2 N–H and O–H groups in total. The summed E-state index contributed by atoms with van der Waals surface area (Å²) in [6.45, 7) is 0.696. The van der Waals surface area contributed by atoms with Crippen LogP contribution in [0.3, 0.4) is 0 Å². The molecule has 0 saturated carbocycles.